The molecule has 0 amide bonds. The van der Waals surface area contributed by atoms with Crippen LogP contribution in [-0.2, 0) is 16.7 Å². The van der Waals surface area contributed by atoms with Gasteiger partial charge in [0.1, 0.15) is 17.0 Å². The quantitative estimate of drug-likeness (QED) is 0.359. The van der Waals surface area contributed by atoms with Crippen molar-refractivity contribution in [2.24, 2.45) is 0 Å². The van der Waals surface area contributed by atoms with Crippen LogP contribution in [0.4, 0.5) is 0 Å². The van der Waals surface area contributed by atoms with Gasteiger partial charge in [-0.05, 0) is 43.3 Å². The second kappa shape index (κ2) is 7.48. The molecule has 1 aromatic heterocycles. The molecule has 0 atom stereocenters. The number of nitrogens with zero attached hydrogens (tertiary/aromatic N) is 3. The highest BCUT2D eigenvalue weighted by Crippen LogP contribution is 2.24. The number of hydrogen-bond acceptors (Lipinski definition) is 6. The highest BCUT2D eigenvalue weighted by Gasteiger charge is 2.21. The lowest BCUT2D eigenvalue weighted by Gasteiger charge is -2.11. The minimum atomic E-state index is -4.07. The maximum absolute atomic E-state index is 12.9. The molecule has 0 aliphatic heterocycles. The van der Waals surface area contributed by atoms with Crippen molar-refractivity contribution in [1.29, 1.82) is 0 Å². The van der Waals surface area contributed by atoms with E-state index in [0.717, 1.165) is 5.56 Å². The molecule has 0 radical (unpaired) electrons. The second-order valence-corrected chi connectivity index (χ2v) is 8.05. The van der Waals surface area contributed by atoms with E-state index in [0.29, 0.717) is 11.0 Å². The molecule has 0 aliphatic rings. The molecular formula is C21H17N3O4S. The third-order valence-electron chi connectivity index (χ3n) is 4.41. The van der Waals surface area contributed by atoms with Gasteiger partial charge < -0.3 is 4.18 Å². The van der Waals surface area contributed by atoms with E-state index in [9.17, 15) is 13.2 Å². The first-order chi connectivity index (χ1) is 13.9. The van der Waals surface area contributed by atoms with E-state index in [2.05, 4.69) is 10.3 Å². The average molecular weight is 407 g/mol. The van der Waals surface area contributed by atoms with Gasteiger partial charge in [0.05, 0.1) is 11.1 Å². The summed E-state index contributed by atoms with van der Waals surface area (Å²) in [5.74, 6) is -0.363. The maximum Gasteiger partial charge on any atom is 0.339 e. The summed E-state index contributed by atoms with van der Waals surface area (Å²) in [6.45, 7) is 1.77. The van der Waals surface area contributed by atoms with E-state index >= 15 is 0 Å². The zero-order valence-corrected chi connectivity index (χ0v) is 16.3. The molecular weight excluding hydrogens is 390 g/mol. The lowest BCUT2D eigenvalue weighted by atomic mass is 10.1. The zero-order valence-electron chi connectivity index (χ0n) is 15.5. The van der Waals surface area contributed by atoms with Crippen molar-refractivity contribution < 1.29 is 17.4 Å². The summed E-state index contributed by atoms with van der Waals surface area (Å²) in [5.41, 5.74) is 2.47. The van der Waals surface area contributed by atoms with E-state index in [-0.39, 0.29) is 28.5 Å². The number of carbonyl (C=O) groups excluding carboxylic acids is 1. The summed E-state index contributed by atoms with van der Waals surface area (Å²) in [6.07, 6.45) is 0. The minimum Gasteiger partial charge on any atom is -0.378 e. The lowest BCUT2D eigenvalue weighted by Crippen LogP contribution is -2.16. The van der Waals surface area contributed by atoms with Crippen LogP contribution in [0.25, 0.3) is 11.0 Å². The number of Topliss-reactive ketones (excluding diaryl/α,β-unsaturated/α-hetero) is 1. The normalized spacial score (nSPS) is 11.5. The van der Waals surface area contributed by atoms with E-state index in [1.54, 1.807) is 30.3 Å². The average Bonchev–Trinajstić information content (AvgIpc) is 3.11. The SMILES string of the molecule is Cc1ccc(S(=O)(=O)Oc2ccccc2C(=O)Cn2nnc3ccccc32)cc1. The molecule has 29 heavy (non-hydrogen) atoms. The van der Waals surface area contributed by atoms with Crippen LogP contribution < -0.4 is 4.18 Å². The number of benzene rings is 3. The minimum absolute atomic E-state index is 0.0209. The lowest BCUT2D eigenvalue weighted by molar-refractivity contribution is 0.0967. The highest BCUT2D eigenvalue weighted by molar-refractivity contribution is 7.87. The van der Waals surface area contributed by atoms with Crippen LogP contribution in [0.15, 0.2) is 77.7 Å². The van der Waals surface area contributed by atoms with E-state index in [1.807, 2.05) is 25.1 Å². The fraction of sp³-hybridized carbons (Fsp3) is 0.0952. The molecule has 0 aliphatic carbocycles. The van der Waals surface area contributed by atoms with Crippen molar-refractivity contribution in [2.45, 2.75) is 18.4 Å². The van der Waals surface area contributed by atoms with E-state index in [4.69, 9.17) is 4.18 Å². The van der Waals surface area contributed by atoms with Gasteiger partial charge in [-0.25, -0.2) is 4.68 Å². The Hall–Kier alpha value is -3.52. The number of hydrogen-bond donors (Lipinski definition) is 0. The largest absolute Gasteiger partial charge is 0.378 e. The van der Waals surface area contributed by atoms with Crippen LogP contribution in [0.1, 0.15) is 15.9 Å². The number of para-hydroxylation sites is 2. The Morgan fingerprint density at radius 2 is 1.66 bits per heavy atom. The molecule has 0 saturated heterocycles. The van der Waals surface area contributed by atoms with Gasteiger partial charge in [0.2, 0.25) is 0 Å². The number of rotatable bonds is 6. The second-order valence-electron chi connectivity index (χ2n) is 6.51. The summed E-state index contributed by atoms with van der Waals surface area (Å²) in [6, 6.07) is 19.8. The first-order valence-corrected chi connectivity index (χ1v) is 10.3. The standard InChI is InChI=1S/C21H17N3O4S/c1-15-10-12-16(13-11-15)29(26,27)28-21-9-5-2-6-17(21)20(25)14-24-19-8-4-3-7-18(19)22-23-24/h2-13H,14H2,1H3. The van der Waals surface area contributed by atoms with Crippen molar-refractivity contribution in [3.05, 3.63) is 83.9 Å². The molecule has 0 saturated carbocycles. The van der Waals surface area contributed by atoms with Crippen molar-refractivity contribution in [3.8, 4) is 5.75 Å². The molecule has 146 valence electrons. The van der Waals surface area contributed by atoms with Crippen molar-refractivity contribution in [2.75, 3.05) is 0 Å². The molecule has 4 aromatic rings. The van der Waals surface area contributed by atoms with Gasteiger partial charge >= 0.3 is 10.1 Å². The van der Waals surface area contributed by atoms with Crippen molar-refractivity contribution >= 4 is 26.9 Å². The molecule has 4 rings (SSSR count). The van der Waals surface area contributed by atoms with Crippen molar-refractivity contribution in [1.82, 2.24) is 15.0 Å². The summed E-state index contributed by atoms with van der Waals surface area (Å²) in [7, 11) is -4.07. The van der Waals surface area contributed by atoms with Gasteiger partial charge in [-0.3, -0.25) is 4.79 Å². The van der Waals surface area contributed by atoms with Gasteiger partial charge in [-0.15, -0.1) is 5.10 Å². The summed E-state index contributed by atoms with van der Waals surface area (Å²) < 4.78 is 32.0. The Bertz CT molecular complexity index is 1300. The maximum atomic E-state index is 12.9. The first kappa shape index (κ1) is 18.8. The van der Waals surface area contributed by atoms with E-state index in [1.165, 1.54) is 28.9 Å². The predicted molar refractivity (Wildman–Crippen MR) is 107 cm³/mol. The topological polar surface area (TPSA) is 91.2 Å². The Morgan fingerprint density at radius 1 is 0.966 bits per heavy atom. The van der Waals surface area contributed by atoms with Gasteiger partial charge in [0.15, 0.2) is 11.5 Å². The molecule has 0 spiro atoms. The number of fused-ring (bicyclic) bond motifs is 1. The molecule has 8 heteroatoms. The Morgan fingerprint density at radius 3 is 2.45 bits per heavy atom. The number of carbonyl (C=O) groups is 1. The van der Waals surface area contributed by atoms with Gasteiger partial charge in [-0.1, -0.05) is 47.2 Å². The van der Waals surface area contributed by atoms with Crippen molar-refractivity contribution in [3.63, 3.8) is 0 Å². The Balaban J connectivity index is 1.62. The third kappa shape index (κ3) is 3.88. The molecule has 1 heterocycles. The molecule has 0 fully saturated rings. The summed E-state index contributed by atoms with van der Waals surface area (Å²) in [5, 5.41) is 8.04. The molecule has 3 aromatic carbocycles. The number of aromatic nitrogens is 3. The zero-order chi connectivity index (χ0) is 20.4. The summed E-state index contributed by atoms with van der Waals surface area (Å²) >= 11 is 0. The molecule has 7 nitrogen and oxygen atoms in total. The van der Waals surface area contributed by atoms with Crippen LogP contribution in [0.3, 0.4) is 0 Å². The smallest absolute Gasteiger partial charge is 0.339 e. The predicted octanol–water partition coefficient (Wildman–Crippen LogP) is 3.39. The number of aryl methyl sites for hydroxylation is 1. The van der Waals surface area contributed by atoms with Gasteiger partial charge in [-0.2, -0.15) is 8.42 Å². The van der Waals surface area contributed by atoms with Crippen LogP contribution in [-0.4, -0.2) is 29.2 Å². The van der Waals surface area contributed by atoms with E-state index < -0.39 is 10.1 Å². The third-order valence-corrected chi connectivity index (χ3v) is 5.66. The molecule has 0 bridgehead atoms. The summed E-state index contributed by atoms with van der Waals surface area (Å²) in [4.78, 5) is 12.9. The molecule has 0 N–H and O–H groups in total. The van der Waals surface area contributed by atoms with Gasteiger partial charge in [0.25, 0.3) is 0 Å². The Labute approximate surface area is 167 Å². The Kier molecular flexibility index (Phi) is 4.85. The van der Waals surface area contributed by atoms with Gasteiger partial charge in [0, 0.05) is 0 Å². The van der Waals surface area contributed by atoms with Crippen LogP contribution in [0.5, 0.6) is 5.75 Å². The van der Waals surface area contributed by atoms with Crippen LogP contribution in [0.2, 0.25) is 0 Å². The highest BCUT2D eigenvalue weighted by atomic mass is 32.2. The first-order valence-electron chi connectivity index (χ1n) is 8.86. The fourth-order valence-electron chi connectivity index (χ4n) is 2.90. The van der Waals surface area contributed by atoms with Crippen LogP contribution in [0, 0.1) is 6.92 Å². The monoisotopic (exact) mass is 407 g/mol. The number of ketones is 1. The van der Waals surface area contributed by atoms with Crippen LogP contribution >= 0.6 is 0 Å². The molecule has 0 unspecified atom stereocenters. The fourth-order valence-corrected chi connectivity index (χ4v) is 3.84.